The fourth-order valence-corrected chi connectivity index (χ4v) is 3.08. The van der Waals surface area contributed by atoms with E-state index in [-0.39, 0.29) is 5.78 Å². The summed E-state index contributed by atoms with van der Waals surface area (Å²) in [5.74, 6) is 0.0904. The summed E-state index contributed by atoms with van der Waals surface area (Å²) in [6.07, 6.45) is 1.19. The maximum Gasteiger partial charge on any atom is 0.168 e. The highest BCUT2D eigenvalue weighted by atomic mass is 79.9. The minimum Gasteiger partial charge on any atom is -0.294 e. The Morgan fingerprint density at radius 3 is 2.68 bits per heavy atom. The van der Waals surface area contributed by atoms with Gasteiger partial charge in [-0.1, -0.05) is 35.0 Å². The fraction of sp³-hybridized carbons (Fsp3) is 0.286. The Hall–Kier alpha value is -0.940. The number of hydrogen-bond donors (Lipinski definition) is 0. The maximum absolute atomic E-state index is 12.3. The second kappa shape index (κ2) is 6.01. The summed E-state index contributed by atoms with van der Waals surface area (Å²) in [5.41, 5.74) is 2.61. The Balaban J connectivity index is 2.27. The van der Waals surface area contributed by atoms with Gasteiger partial charge >= 0.3 is 0 Å². The average Bonchev–Trinajstić information content (AvgIpc) is 2.66. The van der Waals surface area contributed by atoms with Crippen LogP contribution in [0.3, 0.4) is 0 Å². The first-order valence-corrected chi connectivity index (χ1v) is 7.60. The summed E-state index contributed by atoms with van der Waals surface area (Å²) in [7, 11) is 1.87. The summed E-state index contributed by atoms with van der Waals surface area (Å²) in [4.78, 5) is 12.3. The molecule has 0 atom stereocenters. The predicted molar refractivity (Wildman–Crippen MR) is 82.5 cm³/mol. The molecule has 0 aliphatic carbocycles. The van der Waals surface area contributed by atoms with Gasteiger partial charge in [-0.25, -0.2) is 0 Å². The van der Waals surface area contributed by atoms with Crippen LogP contribution < -0.4 is 0 Å². The van der Waals surface area contributed by atoms with Crippen molar-refractivity contribution in [1.29, 1.82) is 0 Å². The number of halogens is 2. The second-order valence-electron chi connectivity index (χ2n) is 4.29. The third-order valence-electron chi connectivity index (χ3n) is 2.98. The molecule has 0 N–H and O–H groups in total. The molecule has 0 saturated carbocycles. The highest BCUT2D eigenvalue weighted by Gasteiger charge is 2.16. The van der Waals surface area contributed by atoms with Crippen molar-refractivity contribution in [3.63, 3.8) is 0 Å². The molecule has 0 unspecified atom stereocenters. The molecule has 0 saturated heterocycles. The molecule has 0 aliphatic heterocycles. The van der Waals surface area contributed by atoms with Crippen molar-refractivity contribution < 1.29 is 4.79 Å². The van der Waals surface area contributed by atoms with E-state index >= 15 is 0 Å². The zero-order valence-corrected chi connectivity index (χ0v) is 14.0. The maximum atomic E-state index is 12.3. The molecule has 0 spiro atoms. The zero-order valence-electron chi connectivity index (χ0n) is 10.8. The molecular formula is C14H14Br2N2O. The van der Waals surface area contributed by atoms with Gasteiger partial charge in [0.15, 0.2) is 5.78 Å². The molecule has 100 valence electrons. The molecule has 1 aromatic heterocycles. The van der Waals surface area contributed by atoms with Crippen LogP contribution in [0.2, 0.25) is 0 Å². The van der Waals surface area contributed by atoms with E-state index in [1.807, 2.05) is 38.2 Å². The van der Waals surface area contributed by atoms with Crippen molar-refractivity contribution in [2.75, 3.05) is 0 Å². The Bertz CT molecular complexity index is 620. The van der Waals surface area contributed by atoms with E-state index in [0.717, 1.165) is 26.8 Å². The van der Waals surface area contributed by atoms with Crippen molar-refractivity contribution in [1.82, 2.24) is 9.78 Å². The highest BCUT2D eigenvalue weighted by molar-refractivity contribution is 9.10. The van der Waals surface area contributed by atoms with Crippen molar-refractivity contribution in [2.45, 2.75) is 19.8 Å². The lowest BCUT2D eigenvalue weighted by Gasteiger charge is -2.03. The van der Waals surface area contributed by atoms with Crippen LogP contribution in [-0.2, 0) is 19.9 Å². The van der Waals surface area contributed by atoms with E-state index in [1.54, 1.807) is 4.68 Å². The molecular weight excluding hydrogens is 372 g/mol. The van der Waals surface area contributed by atoms with E-state index in [1.165, 1.54) is 0 Å². The van der Waals surface area contributed by atoms with Crippen molar-refractivity contribution in [2.24, 2.45) is 7.05 Å². The van der Waals surface area contributed by atoms with Gasteiger partial charge in [-0.05, 0) is 34.5 Å². The third-order valence-corrected chi connectivity index (χ3v) is 4.39. The van der Waals surface area contributed by atoms with Gasteiger partial charge in [0.05, 0.1) is 22.3 Å². The van der Waals surface area contributed by atoms with Gasteiger partial charge in [0.1, 0.15) is 0 Å². The standard InChI is InChI=1S/C14H14Br2N2O/c1-3-11-14(16)12(18(2)17-11)8-13(19)9-5-4-6-10(15)7-9/h4-7H,3,8H2,1-2H3. The number of Topliss-reactive ketones (excluding diaryl/α,β-unsaturated/α-hetero) is 1. The van der Waals surface area contributed by atoms with Crippen LogP contribution in [0.25, 0.3) is 0 Å². The van der Waals surface area contributed by atoms with E-state index in [0.29, 0.717) is 12.0 Å². The summed E-state index contributed by atoms with van der Waals surface area (Å²) in [6, 6.07) is 7.45. The van der Waals surface area contributed by atoms with Gasteiger partial charge in [0.25, 0.3) is 0 Å². The fourth-order valence-electron chi connectivity index (χ4n) is 1.93. The Morgan fingerprint density at radius 1 is 1.37 bits per heavy atom. The number of benzene rings is 1. The zero-order chi connectivity index (χ0) is 14.0. The van der Waals surface area contributed by atoms with Gasteiger partial charge in [-0.3, -0.25) is 9.48 Å². The van der Waals surface area contributed by atoms with Gasteiger partial charge in [0.2, 0.25) is 0 Å². The molecule has 0 fully saturated rings. The Labute approximate surface area is 129 Å². The van der Waals surface area contributed by atoms with Crippen molar-refractivity contribution >= 4 is 37.6 Å². The average molecular weight is 386 g/mol. The van der Waals surface area contributed by atoms with Crippen LogP contribution in [0, 0.1) is 0 Å². The van der Waals surface area contributed by atoms with Crippen LogP contribution in [-0.4, -0.2) is 15.6 Å². The monoisotopic (exact) mass is 384 g/mol. The normalized spacial score (nSPS) is 10.7. The first-order chi connectivity index (χ1) is 9.02. The molecule has 1 aromatic carbocycles. The number of ketones is 1. The van der Waals surface area contributed by atoms with Crippen LogP contribution >= 0.6 is 31.9 Å². The van der Waals surface area contributed by atoms with Crippen LogP contribution in [0.15, 0.2) is 33.2 Å². The molecule has 1 heterocycles. The number of carbonyl (C=O) groups excluding carboxylic acids is 1. The third kappa shape index (κ3) is 3.15. The lowest BCUT2D eigenvalue weighted by molar-refractivity contribution is 0.0990. The molecule has 2 aromatic rings. The summed E-state index contributed by atoms with van der Waals surface area (Å²) in [6.45, 7) is 2.05. The largest absolute Gasteiger partial charge is 0.294 e. The predicted octanol–water partition coefficient (Wildman–Crippen LogP) is 3.93. The van der Waals surface area contributed by atoms with Crippen molar-refractivity contribution in [3.05, 3.63) is 50.2 Å². The molecule has 2 rings (SSSR count). The quantitative estimate of drug-likeness (QED) is 0.747. The van der Waals surface area contributed by atoms with Gasteiger partial charge in [-0.2, -0.15) is 5.10 Å². The summed E-state index contributed by atoms with van der Waals surface area (Å²) >= 11 is 6.91. The van der Waals surface area contributed by atoms with Gasteiger partial charge in [-0.15, -0.1) is 0 Å². The number of rotatable bonds is 4. The van der Waals surface area contributed by atoms with E-state index in [2.05, 4.69) is 37.0 Å². The molecule has 3 nitrogen and oxygen atoms in total. The molecule has 0 bridgehead atoms. The Kier molecular flexibility index (Phi) is 4.58. The minimum absolute atomic E-state index is 0.0904. The number of aryl methyl sites for hydroxylation is 2. The second-order valence-corrected chi connectivity index (χ2v) is 6.00. The first-order valence-electron chi connectivity index (χ1n) is 6.02. The molecule has 0 amide bonds. The topological polar surface area (TPSA) is 34.9 Å². The lowest BCUT2D eigenvalue weighted by atomic mass is 10.1. The summed E-state index contributed by atoms with van der Waals surface area (Å²) in [5, 5.41) is 4.40. The number of nitrogens with zero attached hydrogens (tertiary/aromatic N) is 2. The SMILES string of the molecule is CCc1nn(C)c(CC(=O)c2cccc(Br)c2)c1Br. The number of hydrogen-bond acceptors (Lipinski definition) is 2. The molecule has 0 radical (unpaired) electrons. The Morgan fingerprint density at radius 2 is 2.11 bits per heavy atom. The smallest absolute Gasteiger partial charge is 0.168 e. The molecule has 19 heavy (non-hydrogen) atoms. The number of aromatic nitrogens is 2. The summed E-state index contributed by atoms with van der Waals surface area (Å²) < 4.78 is 3.64. The highest BCUT2D eigenvalue weighted by Crippen LogP contribution is 2.23. The minimum atomic E-state index is 0.0904. The van der Waals surface area contributed by atoms with Gasteiger partial charge < -0.3 is 0 Å². The van der Waals surface area contributed by atoms with Crippen molar-refractivity contribution in [3.8, 4) is 0 Å². The van der Waals surface area contributed by atoms with Crippen LogP contribution in [0.5, 0.6) is 0 Å². The van der Waals surface area contributed by atoms with E-state index in [9.17, 15) is 4.79 Å². The molecule has 5 heteroatoms. The lowest BCUT2D eigenvalue weighted by Crippen LogP contribution is -2.08. The first kappa shape index (κ1) is 14.5. The van der Waals surface area contributed by atoms with Crippen LogP contribution in [0.4, 0.5) is 0 Å². The van der Waals surface area contributed by atoms with E-state index < -0.39 is 0 Å². The number of carbonyl (C=O) groups is 1. The van der Waals surface area contributed by atoms with Gasteiger partial charge in [0, 0.05) is 17.1 Å². The molecule has 0 aliphatic rings. The van der Waals surface area contributed by atoms with Crippen LogP contribution in [0.1, 0.15) is 28.7 Å². The van der Waals surface area contributed by atoms with E-state index in [4.69, 9.17) is 0 Å².